The third-order valence-corrected chi connectivity index (χ3v) is 6.12. The molecule has 2 aromatic rings. The van der Waals surface area contributed by atoms with Crippen molar-refractivity contribution in [1.29, 1.82) is 0 Å². The normalized spacial score (nSPS) is 15.6. The van der Waals surface area contributed by atoms with E-state index in [0.29, 0.717) is 56.8 Å². The van der Waals surface area contributed by atoms with E-state index in [1.54, 1.807) is 30.6 Å². The number of aromatic nitrogens is 2. The minimum absolute atomic E-state index is 0.207. The van der Waals surface area contributed by atoms with Gasteiger partial charge in [-0.25, -0.2) is 18.4 Å². The third-order valence-electron chi connectivity index (χ3n) is 4.23. The second-order valence-electron chi connectivity index (χ2n) is 5.91. The SMILES string of the molecule is CCOc1ccc(S(=O)(=O)N2CCN(c3ncccn3)CC2)cc1OCC. The Kier molecular flexibility index (Phi) is 6.12. The number of anilines is 1. The zero-order valence-corrected chi connectivity index (χ0v) is 16.4. The van der Waals surface area contributed by atoms with E-state index in [-0.39, 0.29) is 4.90 Å². The Balaban J connectivity index is 1.76. The fraction of sp³-hybridized carbons (Fsp3) is 0.444. The second-order valence-corrected chi connectivity index (χ2v) is 7.85. The molecule has 8 nitrogen and oxygen atoms in total. The largest absolute Gasteiger partial charge is 0.490 e. The molecule has 0 amide bonds. The molecule has 0 atom stereocenters. The molecule has 1 aromatic carbocycles. The van der Waals surface area contributed by atoms with Gasteiger partial charge in [0, 0.05) is 44.6 Å². The van der Waals surface area contributed by atoms with E-state index in [4.69, 9.17) is 9.47 Å². The zero-order valence-electron chi connectivity index (χ0n) is 15.5. The van der Waals surface area contributed by atoms with Gasteiger partial charge in [-0.15, -0.1) is 0 Å². The van der Waals surface area contributed by atoms with Crippen LogP contribution >= 0.6 is 0 Å². The number of rotatable bonds is 7. The van der Waals surface area contributed by atoms with Gasteiger partial charge in [0.15, 0.2) is 11.5 Å². The van der Waals surface area contributed by atoms with Crippen molar-refractivity contribution in [3.63, 3.8) is 0 Å². The van der Waals surface area contributed by atoms with Gasteiger partial charge in [-0.3, -0.25) is 0 Å². The Bertz CT molecular complexity index is 853. The molecule has 1 saturated heterocycles. The van der Waals surface area contributed by atoms with Crippen LogP contribution in [0.2, 0.25) is 0 Å². The molecule has 0 N–H and O–H groups in total. The van der Waals surface area contributed by atoms with Crippen LogP contribution in [0.4, 0.5) is 5.95 Å². The number of benzene rings is 1. The van der Waals surface area contributed by atoms with Crippen molar-refractivity contribution in [3.8, 4) is 11.5 Å². The lowest BCUT2D eigenvalue weighted by Gasteiger charge is -2.33. The van der Waals surface area contributed by atoms with Gasteiger partial charge in [-0.05, 0) is 32.0 Å². The van der Waals surface area contributed by atoms with E-state index in [1.165, 1.54) is 10.4 Å². The summed E-state index contributed by atoms with van der Waals surface area (Å²) in [4.78, 5) is 10.6. The van der Waals surface area contributed by atoms with Crippen LogP contribution in [-0.4, -0.2) is 62.1 Å². The molecule has 146 valence electrons. The van der Waals surface area contributed by atoms with Crippen LogP contribution in [0.15, 0.2) is 41.6 Å². The zero-order chi connectivity index (χ0) is 19.3. The molecule has 0 bridgehead atoms. The quantitative estimate of drug-likeness (QED) is 0.710. The maximum absolute atomic E-state index is 13.0. The van der Waals surface area contributed by atoms with E-state index < -0.39 is 10.0 Å². The summed E-state index contributed by atoms with van der Waals surface area (Å²) in [6.07, 6.45) is 3.36. The summed E-state index contributed by atoms with van der Waals surface area (Å²) < 4.78 is 38.6. The lowest BCUT2D eigenvalue weighted by atomic mass is 10.3. The fourth-order valence-corrected chi connectivity index (χ4v) is 4.36. The standard InChI is InChI=1S/C18H24N4O4S/c1-3-25-16-7-6-15(14-17(16)26-4-2)27(23,24)22-12-10-21(11-13-22)18-19-8-5-9-20-18/h5-9,14H,3-4,10-13H2,1-2H3. The van der Waals surface area contributed by atoms with E-state index in [9.17, 15) is 8.42 Å². The first-order valence-electron chi connectivity index (χ1n) is 8.98. The van der Waals surface area contributed by atoms with Crippen molar-refractivity contribution in [2.75, 3.05) is 44.3 Å². The number of nitrogens with zero attached hydrogens (tertiary/aromatic N) is 4. The first-order chi connectivity index (χ1) is 13.1. The van der Waals surface area contributed by atoms with Gasteiger partial charge in [-0.1, -0.05) is 0 Å². The lowest BCUT2D eigenvalue weighted by Crippen LogP contribution is -2.49. The van der Waals surface area contributed by atoms with Gasteiger partial charge < -0.3 is 14.4 Å². The summed E-state index contributed by atoms with van der Waals surface area (Å²) in [6, 6.07) is 6.51. The van der Waals surface area contributed by atoms with Crippen LogP contribution in [0.5, 0.6) is 11.5 Å². The summed E-state index contributed by atoms with van der Waals surface area (Å²) in [7, 11) is -3.61. The first kappa shape index (κ1) is 19.4. The Morgan fingerprint density at radius 2 is 1.59 bits per heavy atom. The Morgan fingerprint density at radius 3 is 2.22 bits per heavy atom. The fourth-order valence-electron chi connectivity index (χ4n) is 2.92. The Morgan fingerprint density at radius 1 is 0.963 bits per heavy atom. The summed E-state index contributed by atoms with van der Waals surface area (Å²) >= 11 is 0. The summed E-state index contributed by atoms with van der Waals surface area (Å²) in [5, 5.41) is 0. The van der Waals surface area contributed by atoms with Crippen molar-refractivity contribution in [2.45, 2.75) is 18.7 Å². The average molecular weight is 392 g/mol. The molecular weight excluding hydrogens is 368 g/mol. The molecule has 0 radical (unpaired) electrons. The van der Waals surface area contributed by atoms with E-state index >= 15 is 0 Å². The van der Waals surface area contributed by atoms with Crippen molar-refractivity contribution in [1.82, 2.24) is 14.3 Å². The van der Waals surface area contributed by atoms with Crippen molar-refractivity contribution >= 4 is 16.0 Å². The predicted molar refractivity (Wildman–Crippen MR) is 102 cm³/mol. The molecule has 1 aromatic heterocycles. The number of hydrogen-bond donors (Lipinski definition) is 0. The predicted octanol–water partition coefficient (Wildman–Crippen LogP) is 1.78. The third kappa shape index (κ3) is 4.30. The maximum atomic E-state index is 13.0. The van der Waals surface area contributed by atoms with Crippen LogP contribution in [0.3, 0.4) is 0 Å². The molecular formula is C18H24N4O4S. The van der Waals surface area contributed by atoms with Crippen molar-refractivity contribution in [2.24, 2.45) is 0 Å². The molecule has 1 aliphatic rings. The van der Waals surface area contributed by atoms with Gasteiger partial charge >= 0.3 is 0 Å². The van der Waals surface area contributed by atoms with Crippen LogP contribution in [0, 0.1) is 0 Å². The lowest BCUT2D eigenvalue weighted by molar-refractivity contribution is 0.287. The topological polar surface area (TPSA) is 84.9 Å². The minimum Gasteiger partial charge on any atom is -0.490 e. The minimum atomic E-state index is -3.61. The summed E-state index contributed by atoms with van der Waals surface area (Å²) in [6.45, 7) is 6.46. The van der Waals surface area contributed by atoms with Crippen LogP contribution in [0.25, 0.3) is 0 Å². The molecule has 0 saturated carbocycles. The van der Waals surface area contributed by atoms with Crippen molar-refractivity contribution < 1.29 is 17.9 Å². The monoisotopic (exact) mass is 392 g/mol. The molecule has 0 aliphatic carbocycles. The van der Waals surface area contributed by atoms with E-state index in [2.05, 4.69) is 9.97 Å². The highest BCUT2D eigenvalue weighted by Gasteiger charge is 2.30. The van der Waals surface area contributed by atoms with Gasteiger partial charge in [0.25, 0.3) is 0 Å². The molecule has 0 unspecified atom stereocenters. The summed E-state index contributed by atoms with van der Waals surface area (Å²) in [5.74, 6) is 1.61. The maximum Gasteiger partial charge on any atom is 0.243 e. The molecule has 0 spiro atoms. The molecule has 1 aliphatic heterocycles. The Hall–Kier alpha value is -2.39. The molecule has 2 heterocycles. The molecule has 3 rings (SSSR count). The second kappa shape index (κ2) is 8.53. The summed E-state index contributed by atoms with van der Waals surface area (Å²) in [5.41, 5.74) is 0. The van der Waals surface area contributed by atoms with Gasteiger partial charge in [0.05, 0.1) is 18.1 Å². The van der Waals surface area contributed by atoms with Gasteiger partial charge in [0.1, 0.15) is 0 Å². The highest BCUT2D eigenvalue weighted by atomic mass is 32.2. The van der Waals surface area contributed by atoms with Gasteiger partial charge in [0.2, 0.25) is 16.0 Å². The molecule has 27 heavy (non-hydrogen) atoms. The van der Waals surface area contributed by atoms with Crippen molar-refractivity contribution in [3.05, 3.63) is 36.7 Å². The number of piperazine rings is 1. The number of sulfonamides is 1. The number of hydrogen-bond acceptors (Lipinski definition) is 7. The highest BCUT2D eigenvalue weighted by Crippen LogP contribution is 2.31. The molecule has 1 fully saturated rings. The molecule has 9 heteroatoms. The Labute approximate surface area is 159 Å². The first-order valence-corrected chi connectivity index (χ1v) is 10.4. The van der Waals surface area contributed by atoms with E-state index in [1.807, 2.05) is 18.7 Å². The van der Waals surface area contributed by atoms with E-state index in [0.717, 1.165) is 0 Å². The average Bonchev–Trinajstić information content (AvgIpc) is 2.70. The van der Waals surface area contributed by atoms with Crippen LogP contribution in [-0.2, 0) is 10.0 Å². The van der Waals surface area contributed by atoms with Crippen LogP contribution < -0.4 is 14.4 Å². The highest BCUT2D eigenvalue weighted by molar-refractivity contribution is 7.89. The smallest absolute Gasteiger partial charge is 0.243 e. The van der Waals surface area contributed by atoms with Crippen LogP contribution in [0.1, 0.15) is 13.8 Å². The van der Waals surface area contributed by atoms with Gasteiger partial charge in [-0.2, -0.15) is 4.31 Å². The number of ether oxygens (including phenoxy) is 2.